The first-order valence-corrected chi connectivity index (χ1v) is 8.36. The molecule has 1 aromatic rings. The van der Waals surface area contributed by atoms with Crippen LogP contribution in [0.5, 0.6) is 0 Å². The van der Waals surface area contributed by atoms with Gasteiger partial charge < -0.3 is 10.3 Å². The van der Waals surface area contributed by atoms with Crippen LogP contribution in [0, 0.1) is 11.8 Å². The van der Waals surface area contributed by atoms with Crippen molar-refractivity contribution in [2.24, 2.45) is 24.6 Å². The van der Waals surface area contributed by atoms with Crippen LogP contribution in [0.1, 0.15) is 51.8 Å². The first-order chi connectivity index (χ1) is 9.98. The summed E-state index contributed by atoms with van der Waals surface area (Å²) in [5.74, 6) is 2.77. The van der Waals surface area contributed by atoms with E-state index >= 15 is 0 Å². The number of aromatic nitrogens is 2. The lowest BCUT2D eigenvalue weighted by molar-refractivity contribution is 0.0939. The lowest BCUT2D eigenvalue weighted by atomic mass is 9.85. The Balaban J connectivity index is 2.08. The van der Waals surface area contributed by atoms with Crippen LogP contribution in [0.25, 0.3) is 0 Å². The number of hydrogen-bond donors (Lipinski definition) is 1. The van der Waals surface area contributed by atoms with Gasteiger partial charge in [-0.15, -0.1) is 0 Å². The fourth-order valence-electron chi connectivity index (χ4n) is 3.75. The summed E-state index contributed by atoms with van der Waals surface area (Å²) in [6.07, 6.45) is 10.3. The Morgan fingerprint density at radius 1 is 1.43 bits per heavy atom. The van der Waals surface area contributed by atoms with Crippen molar-refractivity contribution < 1.29 is 0 Å². The molecule has 2 atom stereocenters. The predicted molar refractivity (Wildman–Crippen MR) is 87.9 cm³/mol. The lowest BCUT2D eigenvalue weighted by Crippen LogP contribution is -2.51. The molecule has 2 rings (SSSR count). The molecule has 1 heterocycles. The standard InChI is InChI=1S/C17H32N4/c1-14(2)15-6-5-8-17(13-18,9-7-15)21(4)12-16-19-10-11-20(16)3/h10-11,14-15H,5-9,12-13,18H2,1-4H3. The minimum atomic E-state index is 0.148. The van der Waals surface area contributed by atoms with Gasteiger partial charge in [0.25, 0.3) is 0 Å². The molecule has 0 bridgehead atoms. The zero-order valence-electron chi connectivity index (χ0n) is 14.2. The van der Waals surface area contributed by atoms with E-state index in [1.165, 1.54) is 32.1 Å². The normalized spacial score (nSPS) is 27.3. The van der Waals surface area contributed by atoms with Gasteiger partial charge in [0, 0.05) is 31.5 Å². The van der Waals surface area contributed by atoms with Crippen molar-refractivity contribution in [3.63, 3.8) is 0 Å². The molecule has 0 aliphatic heterocycles. The van der Waals surface area contributed by atoms with Gasteiger partial charge in [-0.05, 0) is 38.1 Å². The SMILES string of the molecule is CC(C)C1CCCC(CN)(N(C)Cc2nccn2C)CC1. The van der Waals surface area contributed by atoms with E-state index in [4.69, 9.17) is 5.73 Å². The minimum Gasteiger partial charge on any atom is -0.337 e. The van der Waals surface area contributed by atoms with Crippen molar-refractivity contribution in [3.8, 4) is 0 Å². The summed E-state index contributed by atoms with van der Waals surface area (Å²) in [7, 11) is 4.28. The van der Waals surface area contributed by atoms with Crippen LogP contribution < -0.4 is 5.73 Å². The summed E-state index contributed by atoms with van der Waals surface area (Å²) < 4.78 is 2.11. The second kappa shape index (κ2) is 6.93. The van der Waals surface area contributed by atoms with Crippen LogP contribution in [0.4, 0.5) is 0 Å². The predicted octanol–water partition coefficient (Wildman–Crippen LogP) is 2.79. The zero-order chi connectivity index (χ0) is 15.5. The number of nitrogens with two attached hydrogens (primary N) is 1. The van der Waals surface area contributed by atoms with E-state index < -0.39 is 0 Å². The molecule has 120 valence electrons. The second-order valence-corrected chi connectivity index (χ2v) is 7.17. The molecular weight excluding hydrogens is 260 g/mol. The summed E-state index contributed by atoms with van der Waals surface area (Å²) in [4.78, 5) is 6.92. The topological polar surface area (TPSA) is 47.1 Å². The van der Waals surface area contributed by atoms with Crippen molar-refractivity contribution in [1.29, 1.82) is 0 Å². The van der Waals surface area contributed by atoms with E-state index in [9.17, 15) is 0 Å². The van der Waals surface area contributed by atoms with Gasteiger partial charge >= 0.3 is 0 Å². The molecular formula is C17H32N4. The van der Waals surface area contributed by atoms with Gasteiger partial charge in [-0.2, -0.15) is 0 Å². The van der Waals surface area contributed by atoms with Crippen LogP contribution >= 0.6 is 0 Å². The summed E-state index contributed by atoms with van der Waals surface area (Å²) in [5.41, 5.74) is 6.38. The van der Waals surface area contributed by atoms with Gasteiger partial charge in [-0.3, -0.25) is 4.90 Å². The molecule has 4 nitrogen and oxygen atoms in total. The van der Waals surface area contributed by atoms with Gasteiger partial charge in [-0.1, -0.05) is 26.7 Å². The summed E-state index contributed by atoms with van der Waals surface area (Å²) >= 11 is 0. The molecule has 0 aromatic carbocycles. The zero-order valence-corrected chi connectivity index (χ0v) is 14.2. The highest BCUT2D eigenvalue weighted by molar-refractivity contribution is 4.98. The Kier molecular flexibility index (Phi) is 5.44. The molecule has 0 saturated heterocycles. The molecule has 1 aliphatic carbocycles. The van der Waals surface area contributed by atoms with Gasteiger partial charge in [-0.25, -0.2) is 4.98 Å². The summed E-state index contributed by atoms with van der Waals surface area (Å²) in [6, 6.07) is 0. The first kappa shape index (κ1) is 16.5. The van der Waals surface area contributed by atoms with Crippen LogP contribution in [0.2, 0.25) is 0 Å². The van der Waals surface area contributed by atoms with Gasteiger partial charge in [0.2, 0.25) is 0 Å². The number of likely N-dealkylation sites (N-methyl/N-ethyl adjacent to an activating group) is 1. The maximum atomic E-state index is 6.23. The van der Waals surface area contributed by atoms with E-state index in [0.29, 0.717) is 0 Å². The average molecular weight is 292 g/mol. The molecule has 1 fully saturated rings. The summed E-state index contributed by atoms with van der Waals surface area (Å²) in [5, 5.41) is 0. The minimum absolute atomic E-state index is 0.148. The Bertz CT molecular complexity index is 440. The van der Waals surface area contributed by atoms with E-state index in [1.807, 2.05) is 12.4 Å². The van der Waals surface area contributed by atoms with Crippen molar-refractivity contribution >= 4 is 0 Å². The number of hydrogen-bond acceptors (Lipinski definition) is 3. The van der Waals surface area contributed by atoms with Crippen molar-refractivity contribution in [1.82, 2.24) is 14.5 Å². The highest BCUT2D eigenvalue weighted by Gasteiger charge is 2.36. The molecule has 2 unspecified atom stereocenters. The van der Waals surface area contributed by atoms with Gasteiger partial charge in [0.05, 0.1) is 6.54 Å². The van der Waals surface area contributed by atoms with Crippen molar-refractivity contribution in [2.75, 3.05) is 13.6 Å². The second-order valence-electron chi connectivity index (χ2n) is 7.17. The van der Waals surface area contributed by atoms with E-state index in [1.54, 1.807) is 0 Å². The fourth-order valence-corrected chi connectivity index (χ4v) is 3.75. The van der Waals surface area contributed by atoms with E-state index in [0.717, 1.165) is 30.7 Å². The molecule has 4 heteroatoms. The molecule has 1 saturated carbocycles. The average Bonchev–Trinajstić information content (AvgIpc) is 2.74. The molecule has 21 heavy (non-hydrogen) atoms. The highest BCUT2D eigenvalue weighted by Crippen LogP contribution is 2.36. The number of rotatable bonds is 5. The van der Waals surface area contributed by atoms with Crippen LogP contribution in [0.3, 0.4) is 0 Å². The molecule has 1 aliphatic rings. The van der Waals surface area contributed by atoms with Crippen LogP contribution in [-0.4, -0.2) is 33.6 Å². The maximum Gasteiger partial charge on any atom is 0.122 e. The van der Waals surface area contributed by atoms with E-state index in [-0.39, 0.29) is 5.54 Å². The van der Waals surface area contributed by atoms with Gasteiger partial charge in [0.1, 0.15) is 5.82 Å². The smallest absolute Gasteiger partial charge is 0.122 e. The van der Waals surface area contributed by atoms with E-state index in [2.05, 4.69) is 42.4 Å². The maximum absolute atomic E-state index is 6.23. The van der Waals surface area contributed by atoms with Crippen molar-refractivity contribution in [2.45, 2.75) is 58.0 Å². The molecule has 0 radical (unpaired) electrons. The fraction of sp³-hybridized carbons (Fsp3) is 0.824. The highest BCUT2D eigenvalue weighted by atomic mass is 15.2. The number of imidazole rings is 1. The molecule has 2 N–H and O–H groups in total. The Labute approximate surface area is 129 Å². The quantitative estimate of drug-likeness (QED) is 0.849. The van der Waals surface area contributed by atoms with Gasteiger partial charge in [0.15, 0.2) is 0 Å². The Morgan fingerprint density at radius 2 is 2.19 bits per heavy atom. The third-order valence-corrected chi connectivity index (χ3v) is 5.63. The molecule has 0 amide bonds. The van der Waals surface area contributed by atoms with Crippen molar-refractivity contribution in [3.05, 3.63) is 18.2 Å². The number of aryl methyl sites for hydroxylation is 1. The Hall–Kier alpha value is -0.870. The van der Waals surface area contributed by atoms with Crippen LogP contribution in [0.15, 0.2) is 12.4 Å². The third kappa shape index (κ3) is 3.67. The largest absolute Gasteiger partial charge is 0.337 e. The number of nitrogens with zero attached hydrogens (tertiary/aromatic N) is 3. The first-order valence-electron chi connectivity index (χ1n) is 8.36. The Morgan fingerprint density at radius 3 is 2.76 bits per heavy atom. The molecule has 1 aromatic heterocycles. The van der Waals surface area contributed by atoms with Crippen LogP contribution in [-0.2, 0) is 13.6 Å². The third-order valence-electron chi connectivity index (χ3n) is 5.63. The lowest BCUT2D eigenvalue weighted by Gasteiger charge is -2.41. The summed E-state index contributed by atoms with van der Waals surface area (Å²) in [6.45, 7) is 6.35. The molecule has 0 spiro atoms. The monoisotopic (exact) mass is 292 g/mol.